The predicted molar refractivity (Wildman–Crippen MR) is 45.5 cm³/mol. The molecule has 0 spiro atoms. The lowest BCUT2D eigenvalue weighted by atomic mass is 10.2. The maximum atomic E-state index is 11.6. The lowest BCUT2D eigenvalue weighted by molar-refractivity contribution is -0.0388. The van der Waals surface area contributed by atoms with Crippen LogP contribution in [0.5, 0.6) is 0 Å². The molecule has 0 aromatic heterocycles. The Labute approximate surface area is 82.3 Å². The van der Waals surface area contributed by atoms with Crippen molar-refractivity contribution in [1.82, 2.24) is 0 Å². The van der Waals surface area contributed by atoms with Crippen molar-refractivity contribution in [3.8, 4) is 0 Å². The van der Waals surface area contributed by atoms with E-state index in [1.165, 1.54) is 24.3 Å². The highest BCUT2D eigenvalue weighted by Crippen LogP contribution is 2.31. The predicted octanol–water partition coefficient (Wildman–Crippen LogP) is 3.01. The van der Waals surface area contributed by atoms with E-state index in [1.54, 1.807) is 6.07 Å². The van der Waals surface area contributed by atoms with Gasteiger partial charge in [-0.2, -0.15) is 13.2 Å². The summed E-state index contributed by atoms with van der Waals surface area (Å²) in [6.07, 6.45) is 0. The zero-order chi connectivity index (χ0) is 10.6. The van der Waals surface area contributed by atoms with Crippen LogP contribution in [0, 0.1) is 0 Å². The van der Waals surface area contributed by atoms with Gasteiger partial charge in [0.1, 0.15) is 0 Å². The first-order valence-electron chi connectivity index (χ1n) is 3.51. The van der Waals surface area contributed by atoms with E-state index in [4.69, 9.17) is 0 Å². The fourth-order valence-electron chi connectivity index (χ4n) is 0.707. The molecule has 0 amide bonds. The van der Waals surface area contributed by atoms with Gasteiger partial charge in [0.2, 0.25) is 0 Å². The van der Waals surface area contributed by atoms with Gasteiger partial charge in [0.05, 0.1) is 5.56 Å². The van der Waals surface area contributed by atoms with E-state index < -0.39 is 23.5 Å². The Bertz CT molecular complexity index is 310. The molecule has 0 unspecified atom stereocenters. The second kappa shape index (κ2) is 4.36. The number of rotatable bonds is 2. The fourth-order valence-corrected chi connectivity index (χ4v) is 0.974. The molecule has 0 saturated heterocycles. The SMILES string of the molecule is O=C(OSC(F)(F)F)c1ccccc1. The zero-order valence-corrected chi connectivity index (χ0v) is 7.56. The Balaban J connectivity index is 2.52. The summed E-state index contributed by atoms with van der Waals surface area (Å²) in [4.78, 5) is 10.9. The monoisotopic (exact) mass is 222 g/mol. The van der Waals surface area contributed by atoms with Gasteiger partial charge >= 0.3 is 11.5 Å². The van der Waals surface area contributed by atoms with Gasteiger partial charge in [-0.15, -0.1) is 0 Å². The van der Waals surface area contributed by atoms with E-state index in [-0.39, 0.29) is 5.56 Å². The molecule has 0 bridgehead atoms. The van der Waals surface area contributed by atoms with Gasteiger partial charge in [0.25, 0.3) is 0 Å². The average Bonchev–Trinajstić information content (AvgIpc) is 2.14. The smallest absolute Gasteiger partial charge is 0.378 e. The van der Waals surface area contributed by atoms with Crippen molar-refractivity contribution in [2.45, 2.75) is 5.51 Å². The minimum atomic E-state index is -4.57. The van der Waals surface area contributed by atoms with Gasteiger partial charge < -0.3 is 4.18 Å². The van der Waals surface area contributed by atoms with Crippen molar-refractivity contribution in [3.63, 3.8) is 0 Å². The molecular formula is C8H5F3O2S. The molecule has 0 aliphatic heterocycles. The van der Waals surface area contributed by atoms with Gasteiger partial charge in [0, 0.05) is 0 Å². The Morgan fingerprint density at radius 3 is 2.29 bits per heavy atom. The number of alkyl halides is 3. The first-order chi connectivity index (χ1) is 6.49. The molecule has 76 valence electrons. The van der Waals surface area contributed by atoms with Crippen molar-refractivity contribution in [1.29, 1.82) is 0 Å². The Morgan fingerprint density at radius 1 is 1.21 bits per heavy atom. The molecule has 1 aromatic carbocycles. The van der Waals surface area contributed by atoms with E-state index >= 15 is 0 Å². The molecule has 2 nitrogen and oxygen atoms in total. The molecule has 0 aliphatic carbocycles. The minimum absolute atomic E-state index is 0.0873. The van der Waals surface area contributed by atoms with Crippen LogP contribution in [0.4, 0.5) is 13.2 Å². The third-order valence-corrected chi connectivity index (χ3v) is 1.65. The van der Waals surface area contributed by atoms with Crippen molar-refractivity contribution < 1.29 is 22.1 Å². The van der Waals surface area contributed by atoms with E-state index in [0.717, 1.165) is 0 Å². The highest BCUT2D eigenvalue weighted by molar-refractivity contribution is 7.95. The van der Waals surface area contributed by atoms with Crippen LogP contribution in [0.3, 0.4) is 0 Å². The fraction of sp³-hybridized carbons (Fsp3) is 0.125. The van der Waals surface area contributed by atoms with Crippen LogP contribution >= 0.6 is 12.0 Å². The Morgan fingerprint density at radius 2 is 1.79 bits per heavy atom. The molecule has 0 atom stereocenters. The van der Waals surface area contributed by atoms with E-state index in [0.29, 0.717) is 0 Å². The van der Waals surface area contributed by atoms with Crippen molar-refractivity contribution >= 4 is 18.0 Å². The summed E-state index contributed by atoms with van der Waals surface area (Å²) in [5, 5.41) is 0. The van der Waals surface area contributed by atoms with Gasteiger partial charge in [-0.05, 0) is 12.1 Å². The lowest BCUT2D eigenvalue weighted by Gasteiger charge is -2.04. The Hall–Kier alpha value is -1.17. The molecule has 1 rings (SSSR count). The number of carbonyl (C=O) groups is 1. The van der Waals surface area contributed by atoms with Gasteiger partial charge in [-0.25, -0.2) is 4.79 Å². The molecule has 1 aromatic rings. The highest BCUT2D eigenvalue weighted by atomic mass is 32.2. The van der Waals surface area contributed by atoms with Crippen LogP contribution in [0.2, 0.25) is 0 Å². The average molecular weight is 222 g/mol. The van der Waals surface area contributed by atoms with Crippen LogP contribution in [0.25, 0.3) is 0 Å². The third-order valence-electron chi connectivity index (χ3n) is 1.22. The van der Waals surface area contributed by atoms with Gasteiger partial charge in [0.15, 0.2) is 12.0 Å². The summed E-state index contributed by atoms with van der Waals surface area (Å²) in [6, 6.07) is 7.47. The number of halogens is 3. The first-order valence-corrected chi connectivity index (χ1v) is 4.25. The van der Waals surface area contributed by atoms with Crippen molar-refractivity contribution in [3.05, 3.63) is 35.9 Å². The van der Waals surface area contributed by atoms with Gasteiger partial charge in [-0.3, -0.25) is 0 Å². The normalized spacial score (nSPS) is 11.1. The van der Waals surface area contributed by atoms with Crippen LogP contribution in [0.1, 0.15) is 10.4 Å². The molecule has 14 heavy (non-hydrogen) atoms. The molecular weight excluding hydrogens is 217 g/mol. The number of carbonyl (C=O) groups excluding carboxylic acids is 1. The van der Waals surface area contributed by atoms with Crippen LogP contribution in [0.15, 0.2) is 30.3 Å². The van der Waals surface area contributed by atoms with Crippen LogP contribution in [-0.2, 0) is 4.18 Å². The van der Waals surface area contributed by atoms with Crippen LogP contribution in [-0.4, -0.2) is 11.5 Å². The molecule has 0 fully saturated rings. The van der Waals surface area contributed by atoms with Gasteiger partial charge in [-0.1, -0.05) is 18.2 Å². The molecule has 0 aliphatic rings. The summed E-state index contributed by atoms with van der Waals surface area (Å²) in [7, 11) is 0. The second-order valence-electron chi connectivity index (χ2n) is 2.27. The largest absolute Gasteiger partial charge is 0.479 e. The molecule has 0 radical (unpaired) electrons. The summed E-state index contributed by atoms with van der Waals surface area (Å²) in [5.74, 6) is -1.01. The Kier molecular flexibility index (Phi) is 3.40. The maximum Gasteiger partial charge on any atom is 0.479 e. The molecule has 6 heteroatoms. The maximum absolute atomic E-state index is 11.6. The quantitative estimate of drug-likeness (QED) is 0.719. The minimum Gasteiger partial charge on any atom is -0.378 e. The molecule has 0 saturated carbocycles. The lowest BCUT2D eigenvalue weighted by Crippen LogP contribution is -2.06. The first kappa shape index (κ1) is 10.9. The van der Waals surface area contributed by atoms with E-state index in [9.17, 15) is 18.0 Å². The second-order valence-corrected chi connectivity index (χ2v) is 3.06. The number of hydrogen-bond donors (Lipinski definition) is 0. The summed E-state index contributed by atoms with van der Waals surface area (Å²) in [5.41, 5.74) is -4.48. The van der Waals surface area contributed by atoms with E-state index in [1.807, 2.05) is 0 Å². The van der Waals surface area contributed by atoms with Crippen LogP contribution < -0.4 is 0 Å². The summed E-state index contributed by atoms with van der Waals surface area (Å²) in [6.45, 7) is 0. The molecule has 0 N–H and O–H groups in total. The summed E-state index contributed by atoms with van der Waals surface area (Å²) >= 11 is -0.813. The molecule has 0 heterocycles. The topological polar surface area (TPSA) is 26.3 Å². The standard InChI is InChI=1S/C8H5F3O2S/c9-8(10,11)14-13-7(12)6-4-2-1-3-5-6/h1-5H. The van der Waals surface area contributed by atoms with Crippen molar-refractivity contribution in [2.75, 3.05) is 0 Å². The third kappa shape index (κ3) is 3.69. The zero-order valence-electron chi connectivity index (χ0n) is 6.75. The highest BCUT2D eigenvalue weighted by Gasteiger charge is 2.32. The number of hydrogen-bond acceptors (Lipinski definition) is 3. The summed E-state index contributed by atoms with van der Waals surface area (Å²) < 4.78 is 38.8. The number of benzene rings is 1. The van der Waals surface area contributed by atoms with Crippen molar-refractivity contribution in [2.24, 2.45) is 0 Å². The van der Waals surface area contributed by atoms with E-state index in [2.05, 4.69) is 4.18 Å².